The molecule has 3 aliphatic rings. The van der Waals surface area contributed by atoms with Gasteiger partial charge in [0.2, 0.25) is 0 Å². The summed E-state index contributed by atoms with van der Waals surface area (Å²) in [7, 11) is 3.35. The van der Waals surface area contributed by atoms with E-state index in [0.717, 1.165) is 23.7 Å². The molecule has 4 rings (SSSR count). The normalized spacial score (nSPS) is 29.1. The van der Waals surface area contributed by atoms with Crippen molar-refractivity contribution in [1.29, 1.82) is 0 Å². The first kappa shape index (κ1) is 11.9. The number of ether oxygens (including phenoxy) is 3. The van der Waals surface area contributed by atoms with Crippen molar-refractivity contribution >= 4 is 0 Å². The molecule has 0 aromatic heterocycles. The quantitative estimate of drug-likeness (QED) is 0.892. The number of hydrogen-bond acceptors (Lipinski definition) is 4. The van der Waals surface area contributed by atoms with Crippen LogP contribution in [0.5, 0.6) is 11.5 Å². The fourth-order valence-electron chi connectivity index (χ4n) is 3.60. The van der Waals surface area contributed by atoms with Gasteiger partial charge >= 0.3 is 0 Å². The molecule has 2 aliphatic carbocycles. The molecule has 0 bridgehead atoms. The highest BCUT2D eigenvalue weighted by Crippen LogP contribution is 2.54. The summed E-state index contributed by atoms with van der Waals surface area (Å²) in [5.41, 5.74) is 10.0. The Balaban J connectivity index is 1.96. The first-order valence-corrected chi connectivity index (χ1v) is 6.82. The molecule has 0 amide bonds. The molecule has 0 unspecified atom stereocenters. The van der Waals surface area contributed by atoms with E-state index in [0.29, 0.717) is 0 Å². The zero-order valence-corrected chi connectivity index (χ0v) is 11.6. The molecule has 1 aromatic carbocycles. The molecule has 1 aromatic rings. The van der Waals surface area contributed by atoms with E-state index in [1.54, 1.807) is 14.2 Å². The molecule has 0 saturated heterocycles. The summed E-state index contributed by atoms with van der Waals surface area (Å²) in [6, 6.07) is 4.11. The largest absolute Gasteiger partial charge is 0.497 e. The molecular formula is C16H17NO3. The Hall–Kier alpha value is -1.94. The van der Waals surface area contributed by atoms with Crippen molar-refractivity contribution in [1.82, 2.24) is 0 Å². The average molecular weight is 271 g/mol. The third kappa shape index (κ3) is 1.34. The van der Waals surface area contributed by atoms with Crippen LogP contribution >= 0.6 is 0 Å². The highest BCUT2D eigenvalue weighted by molar-refractivity contribution is 5.63. The second kappa shape index (κ2) is 4.03. The van der Waals surface area contributed by atoms with Gasteiger partial charge in [0.1, 0.15) is 5.76 Å². The predicted octanol–water partition coefficient (Wildman–Crippen LogP) is 1.89. The van der Waals surface area contributed by atoms with E-state index in [9.17, 15) is 0 Å². The standard InChI is InChI=1S/C16H17NO3/c1-18-11-5-3-8-7-10(17)9-4-6-12(19-2)16-14(9)13(8)15(11)20-16/h3-6,10,14,16H,7,17H2,1-2H3/t10-,14+,16+/m0/s1. The van der Waals surface area contributed by atoms with Gasteiger partial charge in [-0.05, 0) is 29.7 Å². The minimum Gasteiger partial charge on any atom is -0.497 e. The zero-order valence-electron chi connectivity index (χ0n) is 11.6. The highest BCUT2D eigenvalue weighted by Gasteiger charge is 2.47. The maximum Gasteiger partial charge on any atom is 0.166 e. The SMILES string of the molecule is COC1=CC=C2[C@@H]3c4c(ccc(OC)c4O[C@H]13)C[C@@H]2N. The molecule has 1 aliphatic heterocycles. The van der Waals surface area contributed by atoms with E-state index < -0.39 is 0 Å². The molecule has 2 N–H and O–H groups in total. The van der Waals surface area contributed by atoms with Gasteiger partial charge in [0, 0.05) is 11.6 Å². The Kier molecular flexibility index (Phi) is 2.39. The van der Waals surface area contributed by atoms with E-state index >= 15 is 0 Å². The Morgan fingerprint density at radius 1 is 1.20 bits per heavy atom. The summed E-state index contributed by atoms with van der Waals surface area (Å²) in [6.07, 6.45) is 4.79. The van der Waals surface area contributed by atoms with Gasteiger partial charge in [0.05, 0.1) is 20.1 Å². The van der Waals surface area contributed by atoms with Gasteiger partial charge in [-0.15, -0.1) is 0 Å². The predicted molar refractivity (Wildman–Crippen MR) is 75.0 cm³/mol. The third-order valence-corrected chi connectivity index (χ3v) is 4.51. The van der Waals surface area contributed by atoms with Crippen LogP contribution in [0.25, 0.3) is 0 Å². The zero-order chi connectivity index (χ0) is 13.9. The molecule has 0 saturated carbocycles. The van der Waals surface area contributed by atoms with Crippen LogP contribution in [0.4, 0.5) is 0 Å². The third-order valence-electron chi connectivity index (χ3n) is 4.51. The number of rotatable bonds is 2. The minimum atomic E-state index is -0.114. The monoisotopic (exact) mass is 271 g/mol. The fourth-order valence-corrected chi connectivity index (χ4v) is 3.60. The van der Waals surface area contributed by atoms with Crippen molar-refractivity contribution in [2.45, 2.75) is 24.5 Å². The van der Waals surface area contributed by atoms with Gasteiger partial charge in [-0.2, -0.15) is 0 Å². The number of allylic oxidation sites excluding steroid dienone is 2. The second-order valence-electron chi connectivity index (χ2n) is 5.44. The van der Waals surface area contributed by atoms with E-state index in [1.807, 2.05) is 12.1 Å². The summed E-state index contributed by atoms with van der Waals surface area (Å²) in [4.78, 5) is 0. The number of nitrogens with two attached hydrogens (primary N) is 1. The van der Waals surface area contributed by atoms with Crippen molar-refractivity contribution in [2.75, 3.05) is 14.2 Å². The van der Waals surface area contributed by atoms with Gasteiger partial charge < -0.3 is 19.9 Å². The molecule has 1 heterocycles. The minimum absolute atomic E-state index is 0.0487. The van der Waals surface area contributed by atoms with Gasteiger partial charge in [0.15, 0.2) is 17.6 Å². The molecule has 4 heteroatoms. The molecular weight excluding hydrogens is 254 g/mol. The van der Waals surface area contributed by atoms with Crippen LogP contribution in [-0.2, 0) is 11.2 Å². The van der Waals surface area contributed by atoms with E-state index in [4.69, 9.17) is 19.9 Å². The lowest BCUT2D eigenvalue weighted by Gasteiger charge is -2.33. The van der Waals surface area contributed by atoms with E-state index in [2.05, 4.69) is 12.1 Å². The molecule has 0 spiro atoms. The smallest absolute Gasteiger partial charge is 0.166 e. The van der Waals surface area contributed by atoms with Crippen molar-refractivity contribution < 1.29 is 14.2 Å². The summed E-state index contributed by atoms with van der Waals surface area (Å²) < 4.78 is 17.1. The van der Waals surface area contributed by atoms with Crippen LogP contribution in [-0.4, -0.2) is 26.4 Å². The van der Waals surface area contributed by atoms with Crippen LogP contribution in [0, 0.1) is 0 Å². The Labute approximate surface area is 117 Å². The lowest BCUT2D eigenvalue weighted by molar-refractivity contribution is 0.147. The second-order valence-corrected chi connectivity index (χ2v) is 5.44. The summed E-state index contributed by atoms with van der Waals surface area (Å²) in [5, 5.41) is 0. The Bertz CT molecular complexity index is 647. The van der Waals surface area contributed by atoms with Crippen LogP contribution in [0.15, 0.2) is 35.6 Å². The molecule has 0 fully saturated rings. The molecule has 0 radical (unpaired) electrons. The maximum absolute atomic E-state index is 6.32. The van der Waals surface area contributed by atoms with Gasteiger partial charge in [0.25, 0.3) is 0 Å². The van der Waals surface area contributed by atoms with Crippen molar-refractivity contribution in [3.05, 3.63) is 46.7 Å². The summed E-state index contributed by atoms with van der Waals surface area (Å²) in [6.45, 7) is 0. The van der Waals surface area contributed by atoms with Crippen LogP contribution in [0.3, 0.4) is 0 Å². The first-order chi connectivity index (χ1) is 9.74. The summed E-state index contributed by atoms with van der Waals surface area (Å²) in [5.74, 6) is 2.64. The molecule has 20 heavy (non-hydrogen) atoms. The maximum atomic E-state index is 6.32. The fraction of sp³-hybridized carbons (Fsp3) is 0.375. The Morgan fingerprint density at radius 3 is 2.80 bits per heavy atom. The van der Waals surface area contributed by atoms with Crippen molar-refractivity contribution in [2.24, 2.45) is 5.73 Å². The highest BCUT2D eigenvalue weighted by atomic mass is 16.6. The summed E-state index contributed by atoms with van der Waals surface area (Å²) >= 11 is 0. The van der Waals surface area contributed by atoms with Crippen molar-refractivity contribution in [3.63, 3.8) is 0 Å². The lowest BCUT2D eigenvalue weighted by Crippen LogP contribution is -2.38. The van der Waals surface area contributed by atoms with Crippen LogP contribution in [0.2, 0.25) is 0 Å². The molecule has 104 valence electrons. The lowest BCUT2D eigenvalue weighted by atomic mass is 9.72. The number of methoxy groups -OCH3 is 2. The average Bonchev–Trinajstić information content (AvgIpc) is 2.87. The van der Waals surface area contributed by atoms with Crippen LogP contribution in [0.1, 0.15) is 17.0 Å². The van der Waals surface area contributed by atoms with Crippen LogP contribution < -0.4 is 15.2 Å². The topological polar surface area (TPSA) is 53.7 Å². The van der Waals surface area contributed by atoms with Gasteiger partial charge in [-0.25, -0.2) is 0 Å². The van der Waals surface area contributed by atoms with E-state index in [1.165, 1.54) is 16.7 Å². The van der Waals surface area contributed by atoms with E-state index in [-0.39, 0.29) is 18.1 Å². The first-order valence-electron chi connectivity index (χ1n) is 6.82. The molecule has 4 nitrogen and oxygen atoms in total. The van der Waals surface area contributed by atoms with Gasteiger partial charge in [-0.3, -0.25) is 0 Å². The van der Waals surface area contributed by atoms with Gasteiger partial charge in [-0.1, -0.05) is 12.1 Å². The Morgan fingerprint density at radius 2 is 2.05 bits per heavy atom. The number of hydrogen-bond donors (Lipinski definition) is 1. The number of benzene rings is 1. The van der Waals surface area contributed by atoms with Crippen molar-refractivity contribution in [3.8, 4) is 11.5 Å². The molecule has 3 atom stereocenters.